The fraction of sp³-hybridized carbons (Fsp3) is 0.286. The number of anilines is 3. The van der Waals surface area contributed by atoms with Crippen molar-refractivity contribution >= 4 is 17.1 Å². The summed E-state index contributed by atoms with van der Waals surface area (Å²) in [6, 6.07) is 25.1. The lowest BCUT2D eigenvalue weighted by Gasteiger charge is -2.22. The molecule has 12 nitrogen and oxygen atoms in total. The largest absolute Gasteiger partial charge is 0.378 e. The van der Waals surface area contributed by atoms with E-state index in [0.717, 1.165) is 50.8 Å². The van der Waals surface area contributed by atoms with Crippen LogP contribution in [-0.2, 0) is 19.6 Å². The van der Waals surface area contributed by atoms with Crippen molar-refractivity contribution in [3.63, 3.8) is 0 Å². The Hall–Kier alpha value is -6.30. The van der Waals surface area contributed by atoms with Gasteiger partial charge in [0.2, 0.25) is 0 Å². The monoisotopic (exact) mass is 720 g/mol. The van der Waals surface area contributed by atoms with Gasteiger partial charge in [-0.3, -0.25) is 0 Å². The van der Waals surface area contributed by atoms with Crippen molar-refractivity contribution in [1.82, 2.24) is 45.0 Å². The van der Waals surface area contributed by atoms with Crippen LogP contribution in [0.15, 0.2) is 91.4 Å². The number of aromatic nitrogens is 9. The van der Waals surface area contributed by atoms with E-state index >= 15 is 0 Å². The third kappa shape index (κ3) is 7.45. The highest BCUT2D eigenvalue weighted by Gasteiger charge is 2.21. The van der Waals surface area contributed by atoms with E-state index in [-0.39, 0.29) is 0 Å². The molecule has 7 rings (SSSR count). The molecule has 3 heterocycles. The summed E-state index contributed by atoms with van der Waals surface area (Å²) >= 11 is 0. The second kappa shape index (κ2) is 15.0. The van der Waals surface area contributed by atoms with Crippen molar-refractivity contribution < 1.29 is 0 Å². The summed E-state index contributed by atoms with van der Waals surface area (Å²) in [7, 11) is 12.2. The Morgan fingerprint density at radius 2 is 0.704 bits per heavy atom. The van der Waals surface area contributed by atoms with Gasteiger partial charge in [-0.15, -0.1) is 15.3 Å². The summed E-state index contributed by atoms with van der Waals surface area (Å²) < 4.78 is 5.81. The second-order valence-corrected chi connectivity index (χ2v) is 14.5. The number of rotatable bonds is 12. The molecule has 276 valence electrons. The van der Waals surface area contributed by atoms with E-state index in [1.165, 1.54) is 33.4 Å². The Balaban J connectivity index is 1.25. The molecular weight excluding hydrogens is 673 g/mol. The van der Waals surface area contributed by atoms with Gasteiger partial charge in [0, 0.05) is 76.0 Å². The molecule has 0 unspecified atom stereocenters. The van der Waals surface area contributed by atoms with Crippen molar-refractivity contribution in [2.75, 3.05) is 57.0 Å². The van der Waals surface area contributed by atoms with Crippen LogP contribution in [0.3, 0.4) is 0 Å². The Labute approximate surface area is 317 Å². The molecule has 54 heavy (non-hydrogen) atoms. The van der Waals surface area contributed by atoms with Crippen LogP contribution >= 0.6 is 0 Å². The van der Waals surface area contributed by atoms with Gasteiger partial charge >= 0.3 is 0 Å². The highest BCUT2D eigenvalue weighted by atomic mass is 15.4. The molecule has 4 aromatic carbocycles. The first-order chi connectivity index (χ1) is 25.9. The lowest BCUT2D eigenvalue weighted by atomic mass is 9.88. The zero-order chi connectivity index (χ0) is 38.1. The summed E-state index contributed by atoms with van der Waals surface area (Å²) in [4.78, 5) is 6.27. The molecule has 0 radical (unpaired) electrons. The minimum atomic E-state index is 0.568. The van der Waals surface area contributed by atoms with Crippen LogP contribution in [-0.4, -0.2) is 87.3 Å². The van der Waals surface area contributed by atoms with E-state index in [0.29, 0.717) is 19.6 Å². The van der Waals surface area contributed by atoms with E-state index in [2.05, 4.69) is 139 Å². The molecule has 3 aromatic heterocycles. The van der Waals surface area contributed by atoms with Crippen LogP contribution in [0, 0.1) is 20.8 Å². The summed E-state index contributed by atoms with van der Waals surface area (Å²) in [6.45, 7) is 8.32. The van der Waals surface area contributed by atoms with Crippen LogP contribution < -0.4 is 14.7 Å². The molecule has 0 spiro atoms. The highest BCUT2D eigenvalue weighted by Crippen LogP contribution is 2.31. The first-order valence-electron chi connectivity index (χ1n) is 18.1. The van der Waals surface area contributed by atoms with Gasteiger partial charge in [-0.1, -0.05) is 52.0 Å². The quantitative estimate of drug-likeness (QED) is 0.136. The van der Waals surface area contributed by atoms with Gasteiger partial charge in [0.05, 0.1) is 38.2 Å². The standard InChI is InChI=1S/C42H48N12/c1-28-37(22-52-25-40(43-46-52)31-13-10-16-34(19-31)49(4)5)29(2)39(24-54-27-42(45-48-54)33-15-12-18-36(21-33)51(8)9)30(3)38(28)23-53-26-41(44-47-53)32-14-11-17-35(20-32)50(6)7/h10-21,25-27H,22-24H2,1-9H3. The molecule has 0 aliphatic heterocycles. The summed E-state index contributed by atoms with van der Waals surface area (Å²) in [6.07, 6.45) is 6.10. The minimum absolute atomic E-state index is 0.568. The van der Waals surface area contributed by atoms with Crippen LogP contribution in [0.2, 0.25) is 0 Å². The predicted octanol–water partition coefficient (Wildman–Crippen LogP) is 6.73. The number of benzene rings is 4. The molecule has 0 aliphatic carbocycles. The number of nitrogens with zero attached hydrogens (tertiary/aromatic N) is 12. The third-order valence-electron chi connectivity index (χ3n) is 10.3. The van der Waals surface area contributed by atoms with Crippen LogP contribution in [0.5, 0.6) is 0 Å². The van der Waals surface area contributed by atoms with E-state index in [4.69, 9.17) is 0 Å². The van der Waals surface area contributed by atoms with E-state index in [1.807, 2.05) is 74.9 Å². The highest BCUT2D eigenvalue weighted by molar-refractivity contribution is 5.67. The normalized spacial score (nSPS) is 11.3. The lowest BCUT2D eigenvalue weighted by molar-refractivity contribution is 0.618. The summed E-state index contributed by atoms with van der Waals surface area (Å²) in [5, 5.41) is 27.5. The average Bonchev–Trinajstić information content (AvgIpc) is 3.96. The topological polar surface area (TPSA) is 102 Å². The van der Waals surface area contributed by atoms with E-state index in [9.17, 15) is 0 Å². The first kappa shape index (κ1) is 36.1. The number of hydrogen-bond acceptors (Lipinski definition) is 9. The maximum Gasteiger partial charge on any atom is 0.113 e. The Morgan fingerprint density at radius 1 is 0.426 bits per heavy atom. The lowest BCUT2D eigenvalue weighted by Crippen LogP contribution is -2.15. The molecule has 0 bridgehead atoms. The maximum absolute atomic E-state index is 4.60. The fourth-order valence-corrected chi connectivity index (χ4v) is 6.94. The Bertz CT molecular complexity index is 2130. The first-order valence-corrected chi connectivity index (χ1v) is 18.1. The van der Waals surface area contributed by atoms with E-state index in [1.54, 1.807) is 0 Å². The molecular formula is C42H48N12. The van der Waals surface area contributed by atoms with Crippen LogP contribution in [0.25, 0.3) is 33.8 Å². The molecule has 0 atom stereocenters. The zero-order valence-electron chi connectivity index (χ0n) is 32.6. The molecule has 0 amide bonds. The SMILES string of the molecule is Cc1c(Cn2cc(-c3cccc(N(C)C)c3)nn2)c(C)c(Cn2cc(-c3cccc(N(C)C)c3)nn2)c(C)c1Cn1cc(-c2cccc(N(C)C)c2)nn1. The van der Waals surface area contributed by atoms with Gasteiger partial charge in [0.1, 0.15) is 17.1 Å². The molecule has 0 fully saturated rings. The predicted molar refractivity (Wildman–Crippen MR) is 217 cm³/mol. The van der Waals surface area contributed by atoms with Gasteiger partial charge in [-0.2, -0.15) is 0 Å². The maximum atomic E-state index is 4.60. The van der Waals surface area contributed by atoms with Gasteiger partial charge in [-0.25, -0.2) is 14.0 Å². The molecule has 0 saturated carbocycles. The molecule has 0 N–H and O–H groups in total. The van der Waals surface area contributed by atoms with Gasteiger partial charge < -0.3 is 14.7 Å². The zero-order valence-corrected chi connectivity index (χ0v) is 32.6. The van der Waals surface area contributed by atoms with Crippen LogP contribution in [0.4, 0.5) is 17.1 Å². The van der Waals surface area contributed by atoms with Crippen molar-refractivity contribution in [2.45, 2.75) is 40.4 Å². The third-order valence-corrected chi connectivity index (χ3v) is 10.3. The van der Waals surface area contributed by atoms with Crippen molar-refractivity contribution in [3.8, 4) is 33.8 Å². The Morgan fingerprint density at radius 3 is 0.963 bits per heavy atom. The molecule has 0 aliphatic rings. The van der Waals surface area contributed by atoms with E-state index < -0.39 is 0 Å². The van der Waals surface area contributed by atoms with Crippen molar-refractivity contribution in [1.29, 1.82) is 0 Å². The smallest absolute Gasteiger partial charge is 0.113 e. The van der Waals surface area contributed by atoms with Gasteiger partial charge in [0.25, 0.3) is 0 Å². The average molecular weight is 721 g/mol. The number of hydrogen-bond donors (Lipinski definition) is 0. The molecule has 7 aromatic rings. The molecule has 0 saturated heterocycles. The summed E-state index contributed by atoms with van der Waals surface area (Å²) in [5.74, 6) is 0. The fourth-order valence-electron chi connectivity index (χ4n) is 6.94. The Kier molecular flexibility index (Phi) is 10.0. The molecule has 12 heteroatoms. The summed E-state index contributed by atoms with van der Waals surface area (Å²) in [5.41, 5.74) is 16.1. The van der Waals surface area contributed by atoms with Gasteiger partial charge in [-0.05, 0) is 90.6 Å². The minimum Gasteiger partial charge on any atom is -0.378 e. The van der Waals surface area contributed by atoms with Gasteiger partial charge in [0.15, 0.2) is 0 Å². The van der Waals surface area contributed by atoms with Crippen molar-refractivity contribution in [2.24, 2.45) is 0 Å². The van der Waals surface area contributed by atoms with Crippen molar-refractivity contribution in [3.05, 3.63) is 125 Å². The van der Waals surface area contributed by atoms with Crippen LogP contribution in [0.1, 0.15) is 33.4 Å². The second-order valence-electron chi connectivity index (χ2n) is 14.5.